The molecule has 3 rings (SSSR count). The maximum Gasteiger partial charge on any atom is 0.363 e. The summed E-state index contributed by atoms with van der Waals surface area (Å²) < 4.78 is 19.5. The molecule has 0 saturated carbocycles. The van der Waals surface area contributed by atoms with Crippen molar-refractivity contribution in [1.82, 2.24) is 0 Å². The standard InChI is InChI=1S/C17H10BrFN2O4/c1-9-2-3-10(8-15(9)21(23)24)16-20-14(17(22)25-16)7-11-6-12(18)4-5-13(11)19/h2-8H,1H3/b14-7+. The summed E-state index contributed by atoms with van der Waals surface area (Å²) in [6.45, 7) is 1.60. The smallest absolute Gasteiger partial charge is 0.363 e. The number of cyclic esters (lactones) is 1. The highest BCUT2D eigenvalue weighted by Gasteiger charge is 2.26. The summed E-state index contributed by atoms with van der Waals surface area (Å²) in [4.78, 5) is 26.5. The average Bonchev–Trinajstić information content (AvgIpc) is 2.92. The second-order valence-corrected chi connectivity index (χ2v) is 6.18. The molecule has 6 nitrogen and oxygen atoms in total. The highest BCUT2D eigenvalue weighted by molar-refractivity contribution is 9.10. The lowest BCUT2D eigenvalue weighted by Gasteiger charge is -2.01. The fourth-order valence-electron chi connectivity index (χ4n) is 2.24. The Morgan fingerprint density at radius 1 is 1.28 bits per heavy atom. The van der Waals surface area contributed by atoms with Crippen LogP contribution in [0.15, 0.2) is 51.6 Å². The third kappa shape index (κ3) is 3.48. The third-order valence-corrected chi connectivity index (χ3v) is 4.02. The number of aryl methyl sites for hydroxylation is 1. The van der Waals surface area contributed by atoms with Crippen LogP contribution in [0.25, 0.3) is 6.08 Å². The van der Waals surface area contributed by atoms with Gasteiger partial charge in [-0.2, -0.15) is 0 Å². The monoisotopic (exact) mass is 404 g/mol. The lowest BCUT2D eigenvalue weighted by Crippen LogP contribution is -2.06. The summed E-state index contributed by atoms with van der Waals surface area (Å²) in [6, 6.07) is 8.68. The first kappa shape index (κ1) is 17.0. The number of nitrogens with zero attached hydrogens (tertiary/aromatic N) is 2. The van der Waals surface area contributed by atoms with Gasteiger partial charge in [-0.15, -0.1) is 0 Å². The molecule has 126 valence electrons. The highest BCUT2D eigenvalue weighted by Crippen LogP contribution is 2.25. The molecule has 0 atom stereocenters. The summed E-state index contributed by atoms with van der Waals surface area (Å²) in [6.07, 6.45) is 1.26. The van der Waals surface area contributed by atoms with Gasteiger partial charge in [0.1, 0.15) is 5.82 Å². The normalized spacial score (nSPS) is 15.2. The zero-order valence-electron chi connectivity index (χ0n) is 12.8. The summed E-state index contributed by atoms with van der Waals surface area (Å²) in [5, 5.41) is 11.0. The van der Waals surface area contributed by atoms with E-state index >= 15 is 0 Å². The van der Waals surface area contributed by atoms with Crippen molar-refractivity contribution in [3.63, 3.8) is 0 Å². The Hall–Kier alpha value is -2.87. The van der Waals surface area contributed by atoms with Crippen LogP contribution in [0, 0.1) is 22.9 Å². The predicted molar refractivity (Wildman–Crippen MR) is 92.5 cm³/mol. The van der Waals surface area contributed by atoms with Gasteiger partial charge in [0.25, 0.3) is 5.69 Å². The van der Waals surface area contributed by atoms with E-state index in [-0.39, 0.29) is 22.8 Å². The predicted octanol–water partition coefficient (Wildman–Crippen LogP) is 4.15. The molecular formula is C17H10BrFN2O4. The molecule has 0 N–H and O–H groups in total. The Balaban J connectivity index is 2.01. The minimum atomic E-state index is -0.752. The maximum absolute atomic E-state index is 13.8. The summed E-state index contributed by atoms with van der Waals surface area (Å²) in [5.41, 5.74) is 0.748. The first-order valence-electron chi connectivity index (χ1n) is 7.08. The molecule has 25 heavy (non-hydrogen) atoms. The van der Waals surface area contributed by atoms with E-state index in [9.17, 15) is 19.3 Å². The lowest BCUT2D eigenvalue weighted by atomic mass is 10.1. The molecule has 2 aromatic rings. The van der Waals surface area contributed by atoms with Gasteiger partial charge in [-0.1, -0.05) is 22.0 Å². The molecule has 0 amide bonds. The van der Waals surface area contributed by atoms with Crippen molar-refractivity contribution in [3.8, 4) is 0 Å². The second-order valence-electron chi connectivity index (χ2n) is 5.26. The number of hydrogen-bond acceptors (Lipinski definition) is 5. The van der Waals surface area contributed by atoms with Crippen LogP contribution >= 0.6 is 15.9 Å². The van der Waals surface area contributed by atoms with Crippen LogP contribution in [0.5, 0.6) is 0 Å². The Bertz CT molecular complexity index is 969. The summed E-state index contributed by atoms with van der Waals surface area (Å²) >= 11 is 3.23. The quantitative estimate of drug-likeness (QED) is 0.333. The Morgan fingerprint density at radius 3 is 2.76 bits per heavy atom. The van der Waals surface area contributed by atoms with Gasteiger partial charge in [0, 0.05) is 27.2 Å². The molecule has 0 aromatic heterocycles. The molecule has 1 heterocycles. The molecule has 0 bridgehead atoms. The molecule has 8 heteroatoms. The Morgan fingerprint density at radius 2 is 2.04 bits per heavy atom. The van der Waals surface area contributed by atoms with Crippen molar-refractivity contribution in [2.45, 2.75) is 6.92 Å². The Labute approximate surface area is 149 Å². The van der Waals surface area contributed by atoms with Gasteiger partial charge in [-0.25, -0.2) is 14.2 Å². The maximum atomic E-state index is 13.8. The van der Waals surface area contributed by atoms with Gasteiger partial charge in [0.15, 0.2) is 5.70 Å². The second kappa shape index (κ2) is 6.56. The van der Waals surface area contributed by atoms with Gasteiger partial charge in [0.05, 0.1) is 4.92 Å². The van der Waals surface area contributed by atoms with E-state index in [2.05, 4.69) is 20.9 Å². The molecule has 0 aliphatic carbocycles. The van der Waals surface area contributed by atoms with Crippen molar-refractivity contribution < 1.29 is 18.8 Å². The van der Waals surface area contributed by atoms with E-state index in [4.69, 9.17) is 4.74 Å². The van der Waals surface area contributed by atoms with Crippen LogP contribution in [0.1, 0.15) is 16.7 Å². The number of nitro groups is 1. The van der Waals surface area contributed by atoms with Crippen LogP contribution in [0.3, 0.4) is 0 Å². The van der Waals surface area contributed by atoms with E-state index in [0.29, 0.717) is 15.6 Å². The van der Waals surface area contributed by atoms with Crippen molar-refractivity contribution in [2.75, 3.05) is 0 Å². The van der Waals surface area contributed by atoms with Crippen molar-refractivity contribution in [1.29, 1.82) is 0 Å². The number of halogens is 2. The number of carbonyl (C=O) groups is 1. The number of carbonyl (C=O) groups excluding carboxylic acids is 1. The molecular weight excluding hydrogens is 395 g/mol. The molecule has 2 aromatic carbocycles. The SMILES string of the molecule is Cc1ccc(C2=N/C(=C/c3cc(Br)ccc3F)C(=O)O2)cc1[N+](=O)[O-]. The molecule has 0 unspecified atom stereocenters. The van der Waals surface area contributed by atoms with E-state index in [1.165, 1.54) is 30.3 Å². The zero-order chi connectivity index (χ0) is 18.1. The summed E-state index contributed by atoms with van der Waals surface area (Å²) in [7, 11) is 0. The molecule has 0 spiro atoms. The zero-order valence-corrected chi connectivity index (χ0v) is 14.4. The van der Waals surface area contributed by atoms with Gasteiger partial charge >= 0.3 is 5.97 Å². The number of hydrogen-bond donors (Lipinski definition) is 0. The first-order chi connectivity index (χ1) is 11.8. The molecule has 1 aliphatic rings. The van der Waals surface area contributed by atoms with Crippen molar-refractivity contribution in [3.05, 3.63) is 79.2 Å². The molecule has 0 fully saturated rings. The van der Waals surface area contributed by atoms with Gasteiger partial charge in [0.2, 0.25) is 5.90 Å². The highest BCUT2D eigenvalue weighted by atomic mass is 79.9. The largest absolute Gasteiger partial charge is 0.402 e. The van der Waals surface area contributed by atoms with Gasteiger partial charge < -0.3 is 4.74 Å². The van der Waals surface area contributed by atoms with Gasteiger partial charge in [-0.3, -0.25) is 10.1 Å². The lowest BCUT2D eigenvalue weighted by molar-refractivity contribution is -0.385. The third-order valence-electron chi connectivity index (χ3n) is 3.52. The van der Waals surface area contributed by atoms with E-state index < -0.39 is 16.7 Å². The number of aliphatic imine (C=N–C) groups is 1. The van der Waals surface area contributed by atoms with Crippen LogP contribution in [-0.4, -0.2) is 16.8 Å². The average molecular weight is 405 g/mol. The van der Waals surface area contributed by atoms with Crippen LogP contribution in [-0.2, 0) is 9.53 Å². The van der Waals surface area contributed by atoms with Crippen LogP contribution in [0.4, 0.5) is 10.1 Å². The number of ether oxygens (including phenoxy) is 1. The van der Waals surface area contributed by atoms with Gasteiger partial charge in [-0.05, 0) is 37.3 Å². The molecule has 0 radical (unpaired) electrons. The molecule has 0 saturated heterocycles. The van der Waals surface area contributed by atoms with Crippen molar-refractivity contribution >= 4 is 39.6 Å². The minimum Gasteiger partial charge on any atom is -0.402 e. The number of benzene rings is 2. The molecule has 1 aliphatic heterocycles. The first-order valence-corrected chi connectivity index (χ1v) is 7.87. The number of esters is 1. The summed E-state index contributed by atoms with van der Waals surface area (Å²) in [5.74, 6) is -1.33. The van der Waals surface area contributed by atoms with E-state index in [1.807, 2.05) is 0 Å². The fourth-order valence-corrected chi connectivity index (χ4v) is 2.62. The van der Waals surface area contributed by atoms with Crippen LogP contribution < -0.4 is 0 Å². The van der Waals surface area contributed by atoms with E-state index in [0.717, 1.165) is 0 Å². The fraction of sp³-hybridized carbons (Fsp3) is 0.0588. The van der Waals surface area contributed by atoms with E-state index in [1.54, 1.807) is 19.1 Å². The van der Waals surface area contributed by atoms with Crippen molar-refractivity contribution in [2.24, 2.45) is 4.99 Å². The van der Waals surface area contributed by atoms with Crippen LogP contribution in [0.2, 0.25) is 0 Å². The number of nitro benzene ring substituents is 1. The topological polar surface area (TPSA) is 81.8 Å². The number of rotatable bonds is 3. The Kier molecular flexibility index (Phi) is 4.45. The minimum absolute atomic E-state index is 0.0604.